The zero-order chi connectivity index (χ0) is 13.5. The molecular weight excluding hydrogens is 232 g/mol. The highest BCUT2D eigenvalue weighted by atomic mass is 16.5. The molecule has 0 aromatic heterocycles. The number of ketones is 1. The molecule has 1 atom stereocenters. The SMILES string of the molecule is Cc1cc(C)c2c(c1)C(=O)CC(C)(CC(=O)O)O2. The summed E-state index contributed by atoms with van der Waals surface area (Å²) in [6, 6.07) is 3.73. The predicted molar refractivity (Wildman–Crippen MR) is 66.1 cm³/mol. The molecule has 0 saturated heterocycles. The van der Waals surface area contributed by atoms with Crippen LogP contribution >= 0.6 is 0 Å². The fourth-order valence-corrected chi connectivity index (χ4v) is 2.43. The van der Waals surface area contributed by atoms with Crippen LogP contribution in [0.4, 0.5) is 0 Å². The molecule has 4 nitrogen and oxygen atoms in total. The van der Waals surface area contributed by atoms with Crippen molar-refractivity contribution in [3.63, 3.8) is 0 Å². The number of aryl methyl sites for hydroxylation is 2. The zero-order valence-electron chi connectivity index (χ0n) is 10.7. The Labute approximate surface area is 106 Å². The summed E-state index contributed by atoms with van der Waals surface area (Å²) in [7, 11) is 0. The van der Waals surface area contributed by atoms with Crippen molar-refractivity contribution in [2.45, 2.75) is 39.2 Å². The molecule has 0 spiro atoms. The van der Waals surface area contributed by atoms with Crippen LogP contribution in [0.25, 0.3) is 0 Å². The van der Waals surface area contributed by atoms with Crippen molar-refractivity contribution in [1.82, 2.24) is 0 Å². The molecule has 1 aliphatic heterocycles. The van der Waals surface area contributed by atoms with E-state index in [1.54, 1.807) is 13.0 Å². The Hall–Kier alpha value is -1.84. The smallest absolute Gasteiger partial charge is 0.307 e. The van der Waals surface area contributed by atoms with Crippen molar-refractivity contribution in [3.8, 4) is 5.75 Å². The van der Waals surface area contributed by atoms with Crippen LogP contribution in [-0.2, 0) is 4.79 Å². The number of carboxylic acids is 1. The van der Waals surface area contributed by atoms with Gasteiger partial charge in [0, 0.05) is 0 Å². The second-order valence-corrected chi connectivity index (χ2v) is 5.18. The Kier molecular flexibility index (Phi) is 2.89. The van der Waals surface area contributed by atoms with Crippen LogP contribution in [-0.4, -0.2) is 22.5 Å². The van der Waals surface area contributed by atoms with Crippen LogP contribution in [0.5, 0.6) is 5.75 Å². The molecule has 1 aromatic carbocycles. The van der Waals surface area contributed by atoms with Crippen molar-refractivity contribution in [2.24, 2.45) is 0 Å². The number of carbonyl (C=O) groups excluding carboxylic acids is 1. The third-order valence-electron chi connectivity index (χ3n) is 3.13. The number of Topliss-reactive ketones (excluding diaryl/α,β-unsaturated/α-hetero) is 1. The average Bonchev–Trinajstić information content (AvgIpc) is 2.18. The van der Waals surface area contributed by atoms with E-state index in [-0.39, 0.29) is 18.6 Å². The highest BCUT2D eigenvalue weighted by molar-refractivity contribution is 6.01. The molecule has 1 heterocycles. The molecule has 1 aliphatic rings. The minimum absolute atomic E-state index is 0.0493. The van der Waals surface area contributed by atoms with Gasteiger partial charge in [0.25, 0.3) is 0 Å². The van der Waals surface area contributed by atoms with E-state index < -0.39 is 11.6 Å². The maximum atomic E-state index is 12.1. The minimum Gasteiger partial charge on any atom is -0.485 e. The lowest BCUT2D eigenvalue weighted by molar-refractivity contribution is -0.141. The summed E-state index contributed by atoms with van der Waals surface area (Å²) >= 11 is 0. The van der Waals surface area contributed by atoms with Crippen LogP contribution in [0.2, 0.25) is 0 Å². The Balaban J connectivity index is 2.45. The molecule has 2 rings (SSSR count). The highest BCUT2D eigenvalue weighted by Gasteiger charge is 2.39. The number of benzene rings is 1. The summed E-state index contributed by atoms with van der Waals surface area (Å²) in [5.41, 5.74) is 1.49. The second kappa shape index (κ2) is 4.12. The van der Waals surface area contributed by atoms with Gasteiger partial charge in [-0.2, -0.15) is 0 Å². The van der Waals surface area contributed by atoms with E-state index in [1.165, 1.54) is 0 Å². The third kappa shape index (κ3) is 2.23. The van der Waals surface area contributed by atoms with E-state index in [0.29, 0.717) is 11.3 Å². The number of hydrogen-bond donors (Lipinski definition) is 1. The molecule has 4 heteroatoms. The van der Waals surface area contributed by atoms with Crippen LogP contribution in [0.15, 0.2) is 12.1 Å². The Morgan fingerprint density at radius 1 is 1.44 bits per heavy atom. The first-order chi connectivity index (χ1) is 8.31. The van der Waals surface area contributed by atoms with Gasteiger partial charge in [-0.1, -0.05) is 6.07 Å². The summed E-state index contributed by atoms with van der Waals surface area (Å²) in [4.78, 5) is 23.0. The second-order valence-electron chi connectivity index (χ2n) is 5.18. The first-order valence-corrected chi connectivity index (χ1v) is 5.86. The first-order valence-electron chi connectivity index (χ1n) is 5.86. The molecule has 0 aliphatic carbocycles. The van der Waals surface area contributed by atoms with E-state index in [2.05, 4.69) is 0 Å². The molecule has 0 saturated carbocycles. The monoisotopic (exact) mass is 248 g/mol. The maximum Gasteiger partial charge on any atom is 0.307 e. The summed E-state index contributed by atoms with van der Waals surface area (Å²) in [5.74, 6) is -0.481. The fourth-order valence-electron chi connectivity index (χ4n) is 2.43. The van der Waals surface area contributed by atoms with Crippen LogP contribution in [0.1, 0.15) is 41.3 Å². The molecule has 96 valence electrons. The molecule has 18 heavy (non-hydrogen) atoms. The fraction of sp³-hybridized carbons (Fsp3) is 0.429. The standard InChI is InChI=1S/C14H16O4/c1-8-4-9(2)13-10(5-8)11(15)6-14(3,18-13)7-12(16)17/h4-5H,6-7H2,1-3H3,(H,16,17). The largest absolute Gasteiger partial charge is 0.485 e. The summed E-state index contributed by atoms with van der Waals surface area (Å²) in [6.07, 6.45) is -0.0688. The van der Waals surface area contributed by atoms with Crippen LogP contribution < -0.4 is 4.74 Å². The normalized spacial score (nSPS) is 22.3. The molecule has 0 bridgehead atoms. The Morgan fingerprint density at radius 2 is 2.11 bits per heavy atom. The number of carboxylic acid groups (broad SMARTS) is 1. The summed E-state index contributed by atoms with van der Waals surface area (Å²) in [5, 5.41) is 8.89. The van der Waals surface area contributed by atoms with Gasteiger partial charge >= 0.3 is 5.97 Å². The van der Waals surface area contributed by atoms with Crippen molar-refractivity contribution in [2.75, 3.05) is 0 Å². The summed E-state index contributed by atoms with van der Waals surface area (Å²) < 4.78 is 5.78. The van der Waals surface area contributed by atoms with Gasteiger partial charge in [-0.15, -0.1) is 0 Å². The first kappa shape index (κ1) is 12.6. The van der Waals surface area contributed by atoms with Gasteiger partial charge in [-0.25, -0.2) is 0 Å². The zero-order valence-corrected chi connectivity index (χ0v) is 10.7. The molecule has 1 N–H and O–H groups in total. The Morgan fingerprint density at radius 3 is 2.72 bits per heavy atom. The number of fused-ring (bicyclic) bond motifs is 1. The van der Waals surface area contributed by atoms with E-state index in [1.807, 2.05) is 19.9 Å². The molecule has 1 aromatic rings. The number of aliphatic carboxylic acids is 1. The topological polar surface area (TPSA) is 63.6 Å². The van der Waals surface area contributed by atoms with Gasteiger partial charge in [0.2, 0.25) is 0 Å². The summed E-state index contributed by atoms with van der Waals surface area (Å²) in [6.45, 7) is 5.46. The number of carbonyl (C=O) groups is 2. The van der Waals surface area contributed by atoms with Crippen molar-refractivity contribution in [1.29, 1.82) is 0 Å². The molecule has 1 unspecified atom stereocenters. The van der Waals surface area contributed by atoms with Crippen molar-refractivity contribution < 1.29 is 19.4 Å². The Bertz CT molecular complexity index is 533. The third-order valence-corrected chi connectivity index (χ3v) is 3.13. The lowest BCUT2D eigenvalue weighted by Gasteiger charge is -2.34. The van der Waals surface area contributed by atoms with E-state index >= 15 is 0 Å². The number of rotatable bonds is 2. The average molecular weight is 248 g/mol. The molecular formula is C14H16O4. The highest BCUT2D eigenvalue weighted by Crippen LogP contribution is 2.37. The molecule has 0 radical (unpaired) electrons. The van der Waals surface area contributed by atoms with Crippen molar-refractivity contribution in [3.05, 3.63) is 28.8 Å². The lowest BCUT2D eigenvalue weighted by Crippen LogP contribution is -2.41. The van der Waals surface area contributed by atoms with Gasteiger partial charge in [-0.3, -0.25) is 9.59 Å². The van der Waals surface area contributed by atoms with E-state index in [4.69, 9.17) is 9.84 Å². The van der Waals surface area contributed by atoms with Gasteiger partial charge < -0.3 is 9.84 Å². The van der Waals surface area contributed by atoms with Crippen LogP contribution in [0, 0.1) is 13.8 Å². The molecule has 0 amide bonds. The number of ether oxygens (including phenoxy) is 1. The van der Waals surface area contributed by atoms with E-state index in [0.717, 1.165) is 11.1 Å². The van der Waals surface area contributed by atoms with E-state index in [9.17, 15) is 9.59 Å². The van der Waals surface area contributed by atoms with Crippen molar-refractivity contribution >= 4 is 11.8 Å². The van der Waals surface area contributed by atoms with Crippen LogP contribution in [0.3, 0.4) is 0 Å². The minimum atomic E-state index is -0.960. The van der Waals surface area contributed by atoms with Gasteiger partial charge in [0.15, 0.2) is 5.78 Å². The number of hydrogen-bond acceptors (Lipinski definition) is 3. The quantitative estimate of drug-likeness (QED) is 0.873. The predicted octanol–water partition coefficient (Wildman–Crippen LogP) is 2.50. The molecule has 0 fully saturated rings. The van der Waals surface area contributed by atoms with Gasteiger partial charge in [-0.05, 0) is 38.0 Å². The van der Waals surface area contributed by atoms with Gasteiger partial charge in [0.05, 0.1) is 18.4 Å². The maximum absolute atomic E-state index is 12.1. The lowest BCUT2D eigenvalue weighted by atomic mass is 9.87. The van der Waals surface area contributed by atoms with Gasteiger partial charge in [0.1, 0.15) is 11.4 Å².